The summed E-state index contributed by atoms with van der Waals surface area (Å²) in [7, 11) is 1.99. The number of hydrogen-bond donors (Lipinski definition) is 1. The third-order valence-corrected chi connectivity index (χ3v) is 3.32. The molecular weight excluding hydrogens is 302 g/mol. The summed E-state index contributed by atoms with van der Waals surface area (Å²) in [6, 6.07) is 5.81. The second-order valence-electron chi connectivity index (χ2n) is 3.76. The van der Waals surface area contributed by atoms with Gasteiger partial charge in [-0.2, -0.15) is 0 Å². The maximum absolute atomic E-state index is 6.11. The second kappa shape index (κ2) is 5.56. The maximum atomic E-state index is 6.11. The summed E-state index contributed by atoms with van der Waals surface area (Å²) < 4.78 is 3.00. The molecule has 3 nitrogen and oxygen atoms in total. The van der Waals surface area contributed by atoms with Crippen LogP contribution in [0, 0.1) is 0 Å². The summed E-state index contributed by atoms with van der Waals surface area (Å²) >= 11 is 9.49. The van der Waals surface area contributed by atoms with E-state index in [9.17, 15) is 0 Å². The molecule has 0 atom stereocenters. The van der Waals surface area contributed by atoms with Gasteiger partial charge in [-0.15, -0.1) is 0 Å². The van der Waals surface area contributed by atoms with E-state index in [0.717, 1.165) is 34.0 Å². The van der Waals surface area contributed by atoms with Crippen molar-refractivity contribution in [3.8, 4) is 0 Å². The van der Waals surface area contributed by atoms with Gasteiger partial charge in [0.05, 0.1) is 10.7 Å². The Balaban J connectivity index is 1.92. The molecule has 0 radical (unpaired) electrons. The minimum absolute atomic E-state index is 0.721. The van der Waals surface area contributed by atoms with Gasteiger partial charge in [0.25, 0.3) is 0 Å². The van der Waals surface area contributed by atoms with Gasteiger partial charge in [-0.1, -0.05) is 27.5 Å². The first-order chi connectivity index (χ1) is 8.16. The van der Waals surface area contributed by atoms with E-state index in [4.69, 9.17) is 11.6 Å². The molecule has 0 aliphatic heterocycles. The molecule has 1 heterocycles. The van der Waals surface area contributed by atoms with E-state index in [1.54, 1.807) is 0 Å². The molecule has 0 bridgehead atoms. The Morgan fingerprint density at radius 1 is 1.47 bits per heavy atom. The Kier molecular flexibility index (Phi) is 4.07. The van der Waals surface area contributed by atoms with Gasteiger partial charge in [-0.25, -0.2) is 4.98 Å². The molecule has 2 aromatic rings. The highest BCUT2D eigenvalue weighted by molar-refractivity contribution is 9.10. The van der Waals surface area contributed by atoms with Crippen LogP contribution in [-0.2, 0) is 13.5 Å². The number of halogens is 2. The highest BCUT2D eigenvalue weighted by atomic mass is 79.9. The van der Waals surface area contributed by atoms with Crippen molar-refractivity contribution in [3.63, 3.8) is 0 Å². The summed E-state index contributed by atoms with van der Waals surface area (Å²) in [4.78, 5) is 4.27. The van der Waals surface area contributed by atoms with Gasteiger partial charge in [-0.05, 0) is 18.2 Å². The Morgan fingerprint density at radius 2 is 2.29 bits per heavy atom. The van der Waals surface area contributed by atoms with Crippen molar-refractivity contribution in [3.05, 3.63) is 45.9 Å². The van der Waals surface area contributed by atoms with Crippen molar-refractivity contribution in [2.45, 2.75) is 6.42 Å². The first kappa shape index (κ1) is 12.5. The number of aromatic nitrogens is 2. The summed E-state index contributed by atoms with van der Waals surface area (Å²) in [5, 5.41) is 4.02. The summed E-state index contributed by atoms with van der Waals surface area (Å²) in [6.45, 7) is 0.812. The number of rotatable bonds is 4. The van der Waals surface area contributed by atoms with Gasteiger partial charge in [0.15, 0.2) is 0 Å². The van der Waals surface area contributed by atoms with Crippen LogP contribution in [-0.4, -0.2) is 16.1 Å². The third kappa shape index (κ3) is 3.23. The van der Waals surface area contributed by atoms with Gasteiger partial charge in [-0.3, -0.25) is 0 Å². The smallest absolute Gasteiger partial charge is 0.110 e. The number of imidazole rings is 1. The minimum Gasteiger partial charge on any atom is -0.383 e. The fourth-order valence-corrected chi connectivity index (χ4v) is 2.32. The Labute approximate surface area is 114 Å². The zero-order chi connectivity index (χ0) is 12.3. The molecule has 0 aliphatic rings. The zero-order valence-electron chi connectivity index (χ0n) is 9.45. The topological polar surface area (TPSA) is 29.9 Å². The van der Waals surface area contributed by atoms with Gasteiger partial charge >= 0.3 is 0 Å². The minimum atomic E-state index is 0.721. The summed E-state index contributed by atoms with van der Waals surface area (Å²) in [6.07, 6.45) is 4.62. The first-order valence-electron chi connectivity index (χ1n) is 5.32. The van der Waals surface area contributed by atoms with Crippen LogP contribution in [0.3, 0.4) is 0 Å². The number of nitrogens with one attached hydrogen (secondary N) is 1. The fraction of sp³-hybridized carbons (Fsp3) is 0.250. The van der Waals surface area contributed by atoms with Gasteiger partial charge < -0.3 is 9.88 Å². The van der Waals surface area contributed by atoms with Crippen LogP contribution in [0.15, 0.2) is 35.1 Å². The average Bonchev–Trinajstić information content (AvgIpc) is 2.68. The lowest BCUT2D eigenvalue weighted by molar-refractivity contribution is 0.790. The Morgan fingerprint density at radius 3 is 2.94 bits per heavy atom. The largest absolute Gasteiger partial charge is 0.383 e. The van der Waals surface area contributed by atoms with Gasteiger partial charge in [0, 0.05) is 36.9 Å². The molecule has 0 saturated heterocycles. The van der Waals surface area contributed by atoms with Gasteiger partial charge in [0.2, 0.25) is 0 Å². The number of benzene rings is 1. The van der Waals surface area contributed by atoms with Crippen molar-refractivity contribution in [2.75, 3.05) is 11.9 Å². The molecule has 0 aliphatic carbocycles. The molecule has 1 aromatic heterocycles. The molecule has 5 heteroatoms. The SMILES string of the molecule is Cn1ccnc1CCNc1ccc(Br)cc1Cl. The maximum Gasteiger partial charge on any atom is 0.110 e. The normalized spacial score (nSPS) is 10.5. The van der Waals surface area contributed by atoms with Crippen LogP contribution in [0.25, 0.3) is 0 Å². The predicted molar refractivity (Wildman–Crippen MR) is 74.6 cm³/mol. The van der Waals surface area contributed by atoms with E-state index in [0.29, 0.717) is 0 Å². The van der Waals surface area contributed by atoms with Crippen LogP contribution >= 0.6 is 27.5 Å². The molecule has 0 saturated carbocycles. The molecule has 90 valence electrons. The number of nitrogens with zero attached hydrogens (tertiary/aromatic N) is 2. The molecule has 1 aromatic carbocycles. The third-order valence-electron chi connectivity index (χ3n) is 2.52. The van der Waals surface area contributed by atoms with Gasteiger partial charge in [0.1, 0.15) is 5.82 Å². The number of hydrogen-bond acceptors (Lipinski definition) is 2. The molecular formula is C12H13BrClN3. The summed E-state index contributed by atoms with van der Waals surface area (Å²) in [5.74, 6) is 1.06. The van der Waals surface area contributed by atoms with E-state index < -0.39 is 0 Å². The lowest BCUT2D eigenvalue weighted by atomic mass is 10.3. The second-order valence-corrected chi connectivity index (χ2v) is 5.08. The Hall–Kier alpha value is -1.000. The van der Waals surface area contributed by atoms with Crippen LogP contribution in [0.4, 0.5) is 5.69 Å². The van der Waals surface area contributed by atoms with Crippen LogP contribution in [0.1, 0.15) is 5.82 Å². The molecule has 0 amide bonds. The van der Waals surface area contributed by atoms with E-state index in [1.165, 1.54) is 0 Å². The molecule has 2 rings (SSSR count). The van der Waals surface area contributed by atoms with E-state index in [2.05, 4.69) is 26.2 Å². The number of aryl methyl sites for hydroxylation is 1. The monoisotopic (exact) mass is 313 g/mol. The Bertz CT molecular complexity index is 510. The van der Waals surface area contributed by atoms with E-state index >= 15 is 0 Å². The fourth-order valence-electron chi connectivity index (χ4n) is 1.58. The van der Waals surface area contributed by atoms with Crippen molar-refractivity contribution in [1.29, 1.82) is 0 Å². The molecule has 0 spiro atoms. The zero-order valence-corrected chi connectivity index (χ0v) is 11.8. The molecule has 17 heavy (non-hydrogen) atoms. The number of anilines is 1. The summed E-state index contributed by atoms with van der Waals surface area (Å²) in [5.41, 5.74) is 0.948. The molecule has 0 unspecified atom stereocenters. The highest BCUT2D eigenvalue weighted by Gasteiger charge is 2.02. The highest BCUT2D eigenvalue weighted by Crippen LogP contribution is 2.25. The average molecular weight is 315 g/mol. The lowest BCUT2D eigenvalue weighted by Crippen LogP contribution is -2.08. The molecule has 0 fully saturated rings. The van der Waals surface area contributed by atoms with E-state index in [1.807, 2.05) is 42.2 Å². The van der Waals surface area contributed by atoms with Crippen molar-refractivity contribution in [2.24, 2.45) is 7.05 Å². The van der Waals surface area contributed by atoms with Crippen LogP contribution in [0.2, 0.25) is 5.02 Å². The first-order valence-corrected chi connectivity index (χ1v) is 6.49. The van der Waals surface area contributed by atoms with Crippen molar-refractivity contribution in [1.82, 2.24) is 9.55 Å². The van der Waals surface area contributed by atoms with Crippen LogP contribution in [0.5, 0.6) is 0 Å². The van der Waals surface area contributed by atoms with E-state index in [-0.39, 0.29) is 0 Å². The molecule has 1 N–H and O–H groups in total. The van der Waals surface area contributed by atoms with Crippen LogP contribution < -0.4 is 5.32 Å². The van der Waals surface area contributed by atoms with Crippen molar-refractivity contribution >= 4 is 33.2 Å². The quantitative estimate of drug-likeness (QED) is 0.936. The lowest BCUT2D eigenvalue weighted by Gasteiger charge is -2.08. The predicted octanol–water partition coefficient (Wildman–Crippen LogP) is 3.49. The van der Waals surface area contributed by atoms with Crippen molar-refractivity contribution < 1.29 is 0 Å². The standard InChI is InChI=1S/C12H13BrClN3/c1-17-7-6-16-12(17)4-5-15-11-3-2-9(13)8-10(11)14/h2-3,6-8,15H,4-5H2,1H3.